The topological polar surface area (TPSA) is 15.3 Å². The lowest BCUT2D eigenvalue weighted by Gasteiger charge is -2.28. The van der Waals surface area contributed by atoms with Gasteiger partial charge in [0.05, 0.1) is 0 Å². The van der Waals surface area contributed by atoms with Crippen molar-refractivity contribution < 1.29 is 0 Å². The first-order valence-corrected chi connectivity index (χ1v) is 8.12. The van der Waals surface area contributed by atoms with E-state index in [0.29, 0.717) is 6.04 Å². The molecule has 2 atom stereocenters. The van der Waals surface area contributed by atoms with Gasteiger partial charge in [-0.05, 0) is 56.8 Å². The molecule has 0 aliphatic carbocycles. The van der Waals surface area contributed by atoms with Crippen LogP contribution in [0.1, 0.15) is 44.7 Å². The van der Waals surface area contributed by atoms with E-state index >= 15 is 0 Å². The Balaban J connectivity index is 2.28. The maximum Gasteiger partial charge on any atom is 0.0425 e. The maximum atomic E-state index is 3.62. The van der Waals surface area contributed by atoms with Gasteiger partial charge in [0.15, 0.2) is 0 Å². The van der Waals surface area contributed by atoms with E-state index in [-0.39, 0.29) is 0 Å². The second-order valence-corrected chi connectivity index (χ2v) is 6.65. The van der Waals surface area contributed by atoms with Crippen molar-refractivity contribution in [3.63, 3.8) is 0 Å². The average Bonchev–Trinajstić information content (AvgIpc) is 2.62. The van der Waals surface area contributed by atoms with Crippen LogP contribution in [-0.4, -0.2) is 20.1 Å². The summed E-state index contributed by atoms with van der Waals surface area (Å²) in [6.45, 7) is 6.97. The Morgan fingerprint density at radius 2 is 2.11 bits per heavy atom. The molecule has 1 fully saturated rings. The molecule has 2 rings (SSSR count). The highest BCUT2D eigenvalue weighted by atomic mass is 79.9. The summed E-state index contributed by atoms with van der Waals surface area (Å²) >= 11 is 3.62. The molecule has 0 radical (unpaired) electrons. The normalized spacial score (nSPS) is 22.1. The molecule has 1 heterocycles. The summed E-state index contributed by atoms with van der Waals surface area (Å²) in [4.78, 5) is 2.57. The van der Waals surface area contributed by atoms with Crippen LogP contribution in [0.25, 0.3) is 0 Å². The van der Waals surface area contributed by atoms with Gasteiger partial charge in [0.1, 0.15) is 0 Å². The molecule has 2 unspecified atom stereocenters. The third kappa shape index (κ3) is 3.73. The number of hydrogen-bond acceptors (Lipinski definition) is 2. The van der Waals surface area contributed by atoms with Crippen molar-refractivity contribution in [2.45, 2.75) is 39.2 Å². The number of nitrogens with zero attached hydrogens (tertiary/aromatic N) is 1. The van der Waals surface area contributed by atoms with E-state index in [9.17, 15) is 0 Å². The molecular weight excluding hydrogens is 300 g/mol. The van der Waals surface area contributed by atoms with Gasteiger partial charge in [0.25, 0.3) is 0 Å². The minimum absolute atomic E-state index is 0.392. The van der Waals surface area contributed by atoms with E-state index in [1.54, 1.807) is 0 Å². The Labute approximate surface area is 125 Å². The fourth-order valence-corrected chi connectivity index (χ4v) is 3.17. The van der Waals surface area contributed by atoms with Crippen molar-refractivity contribution in [2.75, 3.05) is 25.0 Å². The Hall–Kier alpha value is -0.540. The number of anilines is 1. The third-order valence-electron chi connectivity index (χ3n) is 4.25. The van der Waals surface area contributed by atoms with Crippen molar-refractivity contribution in [1.29, 1.82) is 0 Å². The van der Waals surface area contributed by atoms with Crippen molar-refractivity contribution in [3.05, 3.63) is 28.2 Å². The van der Waals surface area contributed by atoms with Crippen LogP contribution in [0.2, 0.25) is 0 Å². The van der Waals surface area contributed by atoms with Crippen LogP contribution in [0.5, 0.6) is 0 Å². The number of halogens is 1. The third-order valence-corrected chi connectivity index (χ3v) is 4.74. The van der Waals surface area contributed by atoms with Crippen LogP contribution in [0.15, 0.2) is 22.7 Å². The van der Waals surface area contributed by atoms with Gasteiger partial charge in [-0.3, -0.25) is 0 Å². The number of hydrogen-bond donors (Lipinski definition) is 1. The standard InChI is InChI=1S/C16H25BrN2/c1-12-5-4-9-19(10-8-12)16-11-14(17)6-7-15(16)13(2)18-3/h6-7,11-13,18H,4-5,8-10H2,1-3H3. The minimum atomic E-state index is 0.392. The molecule has 19 heavy (non-hydrogen) atoms. The molecule has 0 spiro atoms. The van der Waals surface area contributed by atoms with Gasteiger partial charge in [0, 0.05) is 29.3 Å². The molecule has 106 valence electrons. The summed E-state index contributed by atoms with van der Waals surface area (Å²) in [5.74, 6) is 0.863. The SMILES string of the molecule is CNC(C)c1ccc(Br)cc1N1CCCC(C)CC1. The van der Waals surface area contributed by atoms with Crippen LogP contribution in [0, 0.1) is 5.92 Å². The van der Waals surface area contributed by atoms with E-state index in [4.69, 9.17) is 0 Å². The second-order valence-electron chi connectivity index (χ2n) is 5.74. The summed E-state index contributed by atoms with van der Waals surface area (Å²) in [7, 11) is 2.03. The summed E-state index contributed by atoms with van der Waals surface area (Å²) in [6.07, 6.45) is 3.97. The monoisotopic (exact) mass is 324 g/mol. The smallest absolute Gasteiger partial charge is 0.0425 e. The number of benzene rings is 1. The van der Waals surface area contributed by atoms with Gasteiger partial charge in [-0.15, -0.1) is 0 Å². The molecule has 3 heteroatoms. The van der Waals surface area contributed by atoms with Gasteiger partial charge >= 0.3 is 0 Å². The van der Waals surface area contributed by atoms with E-state index in [1.807, 2.05) is 7.05 Å². The molecule has 1 saturated heterocycles. The lowest BCUT2D eigenvalue weighted by atomic mass is 10.0. The Kier molecular flexibility index (Phi) is 5.28. The Morgan fingerprint density at radius 1 is 1.32 bits per heavy atom. The predicted molar refractivity (Wildman–Crippen MR) is 86.8 cm³/mol. The van der Waals surface area contributed by atoms with Gasteiger partial charge in [-0.2, -0.15) is 0 Å². The lowest BCUT2D eigenvalue weighted by molar-refractivity contribution is 0.521. The fraction of sp³-hybridized carbons (Fsp3) is 0.625. The van der Waals surface area contributed by atoms with Crippen molar-refractivity contribution in [1.82, 2.24) is 5.32 Å². The van der Waals surface area contributed by atoms with Crippen LogP contribution < -0.4 is 10.2 Å². The Morgan fingerprint density at radius 3 is 2.84 bits per heavy atom. The number of nitrogens with one attached hydrogen (secondary N) is 1. The highest BCUT2D eigenvalue weighted by Crippen LogP contribution is 2.31. The molecule has 0 amide bonds. The summed E-state index contributed by atoms with van der Waals surface area (Å²) in [5.41, 5.74) is 2.80. The second kappa shape index (κ2) is 6.76. The molecule has 0 saturated carbocycles. The first-order chi connectivity index (χ1) is 9.11. The lowest BCUT2D eigenvalue weighted by Crippen LogP contribution is -2.27. The fourth-order valence-electron chi connectivity index (χ4n) is 2.82. The van der Waals surface area contributed by atoms with Crippen LogP contribution in [0.3, 0.4) is 0 Å². The quantitative estimate of drug-likeness (QED) is 0.888. The molecule has 0 bridgehead atoms. The summed E-state index contributed by atoms with van der Waals surface area (Å²) in [6, 6.07) is 7.06. The number of rotatable bonds is 3. The molecule has 1 aliphatic rings. The molecule has 0 aromatic heterocycles. The zero-order chi connectivity index (χ0) is 13.8. The van der Waals surface area contributed by atoms with Crippen molar-refractivity contribution in [3.8, 4) is 0 Å². The summed E-state index contributed by atoms with van der Waals surface area (Å²) < 4.78 is 1.17. The summed E-state index contributed by atoms with van der Waals surface area (Å²) in [5, 5.41) is 3.36. The van der Waals surface area contributed by atoms with Crippen LogP contribution in [-0.2, 0) is 0 Å². The maximum absolute atomic E-state index is 3.62. The Bertz CT molecular complexity index is 419. The van der Waals surface area contributed by atoms with Crippen LogP contribution >= 0.6 is 15.9 Å². The van der Waals surface area contributed by atoms with E-state index in [2.05, 4.69) is 58.2 Å². The highest BCUT2D eigenvalue weighted by molar-refractivity contribution is 9.10. The zero-order valence-electron chi connectivity index (χ0n) is 12.2. The molecule has 1 aliphatic heterocycles. The van der Waals surface area contributed by atoms with E-state index in [1.165, 1.54) is 48.1 Å². The molecular formula is C16H25BrN2. The average molecular weight is 325 g/mol. The van der Waals surface area contributed by atoms with Gasteiger partial charge in [-0.1, -0.05) is 28.9 Å². The predicted octanol–water partition coefficient (Wildman–Crippen LogP) is 4.36. The van der Waals surface area contributed by atoms with Gasteiger partial charge in [-0.25, -0.2) is 0 Å². The first kappa shape index (κ1) is 14.9. The van der Waals surface area contributed by atoms with E-state index in [0.717, 1.165) is 5.92 Å². The zero-order valence-corrected chi connectivity index (χ0v) is 13.8. The molecule has 1 aromatic rings. The van der Waals surface area contributed by atoms with E-state index < -0.39 is 0 Å². The molecule has 1 N–H and O–H groups in total. The largest absolute Gasteiger partial charge is 0.371 e. The first-order valence-electron chi connectivity index (χ1n) is 7.33. The van der Waals surface area contributed by atoms with Crippen molar-refractivity contribution >= 4 is 21.6 Å². The molecule has 1 aromatic carbocycles. The minimum Gasteiger partial charge on any atom is -0.371 e. The van der Waals surface area contributed by atoms with Crippen LogP contribution in [0.4, 0.5) is 5.69 Å². The molecule has 2 nitrogen and oxygen atoms in total. The highest BCUT2D eigenvalue weighted by Gasteiger charge is 2.18. The van der Waals surface area contributed by atoms with Crippen molar-refractivity contribution in [2.24, 2.45) is 5.92 Å². The van der Waals surface area contributed by atoms with Gasteiger partial charge < -0.3 is 10.2 Å². The van der Waals surface area contributed by atoms with Gasteiger partial charge in [0.2, 0.25) is 0 Å².